The lowest BCUT2D eigenvalue weighted by Gasteiger charge is -2.37. The summed E-state index contributed by atoms with van der Waals surface area (Å²) >= 11 is 0. The smallest absolute Gasteiger partial charge is 0.223 e. The van der Waals surface area contributed by atoms with Crippen molar-refractivity contribution in [3.05, 3.63) is 48.3 Å². The number of hydrogen-bond donors (Lipinski definition) is 0. The first-order valence-electron chi connectivity index (χ1n) is 7.59. The third kappa shape index (κ3) is 3.20. The third-order valence-electron chi connectivity index (χ3n) is 4.22. The Balaban J connectivity index is 1.67. The second-order valence-electron chi connectivity index (χ2n) is 5.83. The van der Waals surface area contributed by atoms with Crippen LogP contribution >= 0.6 is 0 Å². The number of rotatable bonds is 4. The normalized spacial score (nSPS) is 22.4. The van der Waals surface area contributed by atoms with Gasteiger partial charge in [0.1, 0.15) is 11.5 Å². The van der Waals surface area contributed by atoms with E-state index in [1.807, 2.05) is 29.2 Å². The van der Waals surface area contributed by atoms with Gasteiger partial charge < -0.3 is 13.7 Å². The minimum absolute atomic E-state index is 0.0767. The summed E-state index contributed by atoms with van der Waals surface area (Å²) in [6.45, 7) is 3.05. The van der Waals surface area contributed by atoms with Gasteiger partial charge in [0, 0.05) is 19.4 Å². The monoisotopic (exact) mass is 287 g/mol. The van der Waals surface area contributed by atoms with Crippen molar-refractivity contribution in [3.8, 4) is 0 Å². The largest absolute Gasteiger partial charge is 0.469 e. The Kier molecular flexibility index (Phi) is 4.13. The van der Waals surface area contributed by atoms with E-state index in [1.54, 1.807) is 12.5 Å². The number of amides is 1. The van der Waals surface area contributed by atoms with E-state index in [-0.39, 0.29) is 11.9 Å². The fourth-order valence-electron chi connectivity index (χ4n) is 3.02. The van der Waals surface area contributed by atoms with E-state index in [0.717, 1.165) is 30.9 Å². The Morgan fingerprint density at radius 3 is 2.81 bits per heavy atom. The van der Waals surface area contributed by atoms with Crippen molar-refractivity contribution in [2.24, 2.45) is 5.92 Å². The summed E-state index contributed by atoms with van der Waals surface area (Å²) in [6, 6.07) is 7.70. The van der Waals surface area contributed by atoms with Crippen LogP contribution in [0.4, 0.5) is 0 Å². The molecule has 1 amide bonds. The van der Waals surface area contributed by atoms with Gasteiger partial charge in [-0.2, -0.15) is 0 Å². The lowest BCUT2D eigenvalue weighted by molar-refractivity contribution is -0.136. The van der Waals surface area contributed by atoms with E-state index >= 15 is 0 Å². The molecule has 0 saturated carbocycles. The fourth-order valence-corrected chi connectivity index (χ4v) is 3.02. The highest BCUT2D eigenvalue weighted by molar-refractivity contribution is 5.77. The van der Waals surface area contributed by atoms with E-state index in [1.165, 1.54) is 0 Å². The van der Waals surface area contributed by atoms with Crippen LogP contribution in [0.15, 0.2) is 45.6 Å². The molecule has 1 aliphatic rings. The van der Waals surface area contributed by atoms with E-state index in [0.29, 0.717) is 18.8 Å². The Labute approximate surface area is 124 Å². The second-order valence-corrected chi connectivity index (χ2v) is 5.83. The highest BCUT2D eigenvalue weighted by Crippen LogP contribution is 2.34. The topological polar surface area (TPSA) is 46.6 Å². The van der Waals surface area contributed by atoms with Gasteiger partial charge in [-0.05, 0) is 43.0 Å². The lowest BCUT2D eigenvalue weighted by atomic mass is 9.90. The summed E-state index contributed by atoms with van der Waals surface area (Å²) in [5.41, 5.74) is 0. The van der Waals surface area contributed by atoms with E-state index in [4.69, 9.17) is 8.83 Å². The standard InChI is InChI=1S/C17H21NO3/c1-13-8-9-18(15(12-13)16-5-3-11-21-16)17(19)7-6-14-4-2-10-20-14/h2-5,10-11,13,15H,6-9,12H2,1H3/t13-,15+/m0/s1. The van der Waals surface area contributed by atoms with Crippen molar-refractivity contribution in [1.82, 2.24) is 4.90 Å². The molecule has 21 heavy (non-hydrogen) atoms. The van der Waals surface area contributed by atoms with Gasteiger partial charge in [0.25, 0.3) is 0 Å². The Bertz CT molecular complexity index is 559. The molecule has 4 nitrogen and oxygen atoms in total. The van der Waals surface area contributed by atoms with E-state index in [9.17, 15) is 4.79 Å². The van der Waals surface area contributed by atoms with Gasteiger partial charge in [-0.25, -0.2) is 0 Å². The SMILES string of the molecule is C[C@H]1CCN(C(=O)CCc2ccco2)[C@@H](c2ccco2)C1. The maximum atomic E-state index is 12.5. The molecule has 3 rings (SSSR count). The zero-order chi connectivity index (χ0) is 14.7. The summed E-state index contributed by atoms with van der Waals surface area (Å²) in [5.74, 6) is 2.56. The predicted octanol–water partition coefficient (Wildman–Crippen LogP) is 3.81. The van der Waals surface area contributed by atoms with Crippen molar-refractivity contribution in [3.63, 3.8) is 0 Å². The van der Waals surface area contributed by atoms with Crippen LogP contribution in [0.5, 0.6) is 0 Å². The average molecular weight is 287 g/mol. The van der Waals surface area contributed by atoms with Gasteiger partial charge in [-0.15, -0.1) is 0 Å². The van der Waals surface area contributed by atoms with Crippen LogP contribution in [0.2, 0.25) is 0 Å². The van der Waals surface area contributed by atoms with Gasteiger partial charge in [0.15, 0.2) is 0 Å². The van der Waals surface area contributed by atoms with Gasteiger partial charge >= 0.3 is 0 Å². The molecule has 1 aliphatic heterocycles. The lowest BCUT2D eigenvalue weighted by Crippen LogP contribution is -2.40. The molecule has 1 fully saturated rings. The zero-order valence-electron chi connectivity index (χ0n) is 12.3. The Morgan fingerprint density at radius 2 is 2.10 bits per heavy atom. The maximum absolute atomic E-state index is 12.5. The number of furan rings is 2. The number of carbonyl (C=O) groups is 1. The van der Waals surface area contributed by atoms with Crippen molar-refractivity contribution >= 4 is 5.91 Å². The first-order valence-corrected chi connectivity index (χ1v) is 7.59. The van der Waals surface area contributed by atoms with Crippen molar-refractivity contribution in [2.45, 2.75) is 38.6 Å². The molecule has 0 bridgehead atoms. The van der Waals surface area contributed by atoms with Gasteiger partial charge in [-0.3, -0.25) is 4.79 Å². The number of piperidine rings is 1. The third-order valence-corrected chi connectivity index (χ3v) is 4.22. The van der Waals surface area contributed by atoms with Crippen LogP contribution in [0.3, 0.4) is 0 Å². The fraction of sp³-hybridized carbons (Fsp3) is 0.471. The van der Waals surface area contributed by atoms with Gasteiger partial charge in [-0.1, -0.05) is 6.92 Å². The number of hydrogen-bond acceptors (Lipinski definition) is 3. The number of aryl methyl sites for hydroxylation is 1. The summed E-state index contributed by atoms with van der Waals surface area (Å²) in [4.78, 5) is 14.5. The molecular formula is C17H21NO3. The van der Waals surface area contributed by atoms with E-state index < -0.39 is 0 Å². The molecule has 0 spiro atoms. The van der Waals surface area contributed by atoms with Crippen LogP contribution in [-0.2, 0) is 11.2 Å². The van der Waals surface area contributed by atoms with Crippen LogP contribution in [0, 0.1) is 5.92 Å². The van der Waals surface area contributed by atoms with Crippen LogP contribution in [0.25, 0.3) is 0 Å². The van der Waals surface area contributed by atoms with Crippen molar-refractivity contribution in [1.29, 1.82) is 0 Å². The molecule has 2 aromatic rings. The minimum Gasteiger partial charge on any atom is -0.469 e. The average Bonchev–Trinajstić information content (AvgIpc) is 3.18. The summed E-state index contributed by atoms with van der Waals surface area (Å²) < 4.78 is 10.8. The molecule has 2 aromatic heterocycles. The summed E-state index contributed by atoms with van der Waals surface area (Å²) in [7, 11) is 0. The molecule has 0 aliphatic carbocycles. The molecule has 4 heteroatoms. The zero-order valence-corrected chi connectivity index (χ0v) is 12.3. The van der Waals surface area contributed by atoms with Crippen LogP contribution in [-0.4, -0.2) is 17.4 Å². The molecule has 1 saturated heterocycles. The molecule has 3 heterocycles. The number of nitrogens with zero attached hydrogens (tertiary/aromatic N) is 1. The summed E-state index contributed by atoms with van der Waals surface area (Å²) in [5, 5.41) is 0. The predicted molar refractivity (Wildman–Crippen MR) is 78.6 cm³/mol. The van der Waals surface area contributed by atoms with Crippen molar-refractivity contribution in [2.75, 3.05) is 6.54 Å². The molecule has 2 atom stereocenters. The minimum atomic E-state index is 0.0767. The molecule has 0 unspecified atom stereocenters. The molecule has 0 aromatic carbocycles. The molecule has 0 N–H and O–H groups in total. The highest BCUT2D eigenvalue weighted by Gasteiger charge is 2.32. The maximum Gasteiger partial charge on any atom is 0.223 e. The first-order chi connectivity index (χ1) is 10.2. The van der Waals surface area contributed by atoms with Gasteiger partial charge in [0.05, 0.1) is 18.6 Å². The van der Waals surface area contributed by atoms with Crippen molar-refractivity contribution < 1.29 is 13.6 Å². The number of likely N-dealkylation sites (tertiary alicyclic amines) is 1. The summed E-state index contributed by atoms with van der Waals surface area (Å²) in [6.07, 6.45) is 6.50. The van der Waals surface area contributed by atoms with Crippen LogP contribution in [0.1, 0.15) is 43.7 Å². The first kappa shape index (κ1) is 14.0. The highest BCUT2D eigenvalue weighted by atomic mass is 16.3. The van der Waals surface area contributed by atoms with E-state index in [2.05, 4.69) is 6.92 Å². The van der Waals surface area contributed by atoms with Crippen LogP contribution < -0.4 is 0 Å². The Morgan fingerprint density at radius 1 is 1.29 bits per heavy atom. The second kappa shape index (κ2) is 6.20. The van der Waals surface area contributed by atoms with Gasteiger partial charge in [0.2, 0.25) is 5.91 Å². The Hall–Kier alpha value is -1.97. The molecule has 0 radical (unpaired) electrons. The quantitative estimate of drug-likeness (QED) is 0.859. The number of carbonyl (C=O) groups excluding carboxylic acids is 1. The molecular weight excluding hydrogens is 266 g/mol. The molecule has 112 valence electrons.